The molecular formula is C19H24N2O4S. The summed E-state index contributed by atoms with van der Waals surface area (Å²) in [5.74, 6) is -0.728. The quantitative estimate of drug-likeness (QED) is 0.758. The molecule has 0 aromatic heterocycles. The number of nitrogens with one attached hydrogen (secondary N) is 2. The Morgan fingerprint density at radius 1 is 0.846 bits per heavy atom. The van der Waals surface area contributed by atoms with Crippen LogP contribution >= 0.6 is 0 Å². The summed E-state index contributed by atoms with van der Waals surface area (Å²) in [5.41, 5.74) is -1.52. The van der Waals surface area contributed by atoms with Crippen LogP contribution in [0.5, 0.6) is 0 Å². The van der Waals surface area contributed by atoms with Gasteiger partial charge in [-0.3, -0.25) is 0 Å². The fourth-order valence-corrected chi connectivity index (χ4v) is 4.30. The normalized spacial score (nSPS) is 12.6. The minimum Gasteiger partial charge on any atom is -0.467 e. The molecule has 0 atom stereocenters. The zero-order valence-electron chi connectivity index (χ0n) is 15.3. The van der Waals surface area contributed by atoms with Gasteiger partial charge in [-0.15, -0.1) is 0 Å². The van der Waals surface area contributed by atoms with Gasteiger partial charge in [0.25, 0.3) is 10.2 Å². The first-order valence-electron chi connectivity index (χ1n) is 8.13. The maximum absolute atomic E-state index is 12.9. The molecule has 0 aliphatic heterocycles. The highest BCUT2D eigenvalue weighted by molar-refractivity contribution is 7.87. The number of hydrogen-bond acceptors (Lipinski definition) is 4. The van der Waals surface area contributed by atoms with Crippen molar-refractivity contribution in [2.24, 2.45) is 0 Å². The van der Waals surface area contributed by atoms with Crippen LogP contribution in [0.1, 0.15) is 31.9 Å². The molecule has 0 heterocycles. The Balaban J connectivity index is 2.70. The first-order chi connectivity index (χ1) is 12.1. The number of rotatable bonds is 6. The van der Waals surface area contributed by atoms with Gasteiger partial charge < -0.3 is 4.74 Å². The smallest absolute Gasteiger partial charge is 0.336 e. The second-order valence-electron chi connectivity index (χ2n) is 6.93. The van der Waals surface area contributed by atoms with Gasteiger partial charge in [0.15, 0.2) is 5.54 Å². The van der Waals surface area contributed by atoms with Crippen molar-refractivity contribution < 1.29 is 17.9 Å². The lowest BCUT2D eigenvalue weighted by Gasteiger charge is -2.34. The predicted octanol–water partition coefficient (Wildman–Crippen LogP) is 2.33. The molecule has 0 amide bonds. The maximum atomic E-state index is 12.9. The summed E-state index contributed by atoms with van der Waals surface area (Å²) >= 11 is 0. The van der Waals surface area contributed by atoms with E-state index < -0.39 is 27.3 Å². The van der Waals surface area contributed by atoms with Crippen LogP contribution in [0.15, 0.2) is 60.7 Å². The fourth-order valence-electron chi connectivity index (χ4n) is 2.72. The molecule has 2 rings (SSSR count). The third-order valence-corrected chi connectivity index (χ3v) is 5.09. The topological polar surface area (TPSA) is 84.5 Å². The van der Waals surface area contributed by atoms with E-state index in [-0.39, 0.29) is 0 Å². The van der Waals surface area contributed by atoms with Gasteiger partial charge >= 0.3 is 5.97 Å². The minimum atomic E-state index is -4.05. The zero-order chi connectivity index (χ0) is 19.4. The van der Waals surface area contributed by atoms with Crippen LogP contribution < -0.4 is 9.44 Å². The third-order valence-electron chi connectivity index (χ3n) is 3.63. The van der Waals surface area contributed by atoms with Gasteiger partial charge in [0, 0.05) is 5.54 Å². The summed E-state index contributed by atoms with van der Waals surface area (Å²) in [7, 11) is -2.82. The summed E-state index contributed by atoms with van der Waals surface area (Å²) in [6.07, 6.45) is 0. The number of methoxy groups -OCH3 is 1. The highest BCUT2D eigenvalue weighted by atomic mass is 32.2. The van der Waals surface area contributed by atoms with Crippen molar-refractivity contribution in [1.82, 2.24) is 9.44 Å². The maximum Gasteiger partial charge on any atom is 0.336 e. The zero-order valence-corrected chi connectivity index (χ0v) is 16.1. The molecule has 2 N–H and O–H groups in total. The van der Waals surface area contributed by atoms with Crippen molar-refractivity contribution in [3.05, 3.63) is 71.8 Å². The van der Waals surface area contributed by atoms with Crippen molar-refractivity contribution in [1.29, 1.82) is 0 Å². The van der Waals surface area contributed by atoms with Crippen LogP contribution in [0.3, 0.4) is 0 Å². The van der Waals surface area contributed by atoms with E-state index in [9.17, 15) is 13.2 Å². The molecular weight excluding hydrogens is 352 g/mol. The Morgan fingerprint density at radius 2 is 1.27 bits per heavy atom. The molecule has 26 heavy (non-hydrogen) atoms. The van der Waals surface area contributed by atoms with Gasteiger partial charge in [0.05, 0.1) is 7.11 Å². The minimum absolute atomic E-state index is 0.456. The molecule has 140 valence electrons. The molecule has 7 heteroatoms. The molecule has 2 aromatic carbocycles. The second kappa shape index (κ2) is 7.57. The van der Waals surface area contributed by atoms with Crippen molar-refractivity contribution in [2.45, 2.75) is 31.8 Å². The molecule has 6 nitrogen and oxygen atoms in total. The molecule has 0 unspecified atom stereocenters. The van der Waals surface area contributed by atoms with Crippen LogP contribution in [-0.4, -0.2) is 27.0 Å². The van der Waals surface area contributed by atoms with Crippen molar-refractivity contribution in [3.8, 4) is 0 Å². The number of esters is 1. The average molecular weight is 376 g/mol. The highest BCUT2D eigenvalue weighted by Gasteiger charge is 2.47. The number of carbonyl (C=O) groups is 1. The fraction of sp³-hybridized carbons (Fsp3) is 0.316. The summed E-state index contributed by atoms with van der Waals surface area (Å²) in [6.45, 7) is 5.16. The number of ether oxygens (including phenoxy) is 1. The Kier molecular flexibility index (Phi) is 5.85. The molecule has 0 radical (unpaired) electrons. The van der Waals surface area contributed by atoms with Crippen molar-refractivity contribution in [3.63, 3.8) is 0 Å². The van der Waals surface area contributed by atoms with E-state index in [1.807, 2.05) is 0 Å². The van der Waals surface area contributed by atoms with Crippen LogP contribution in [-0.2, 0) is 25.3 Å². The van der Waals surface area contributed by atoms with E-state index in [2.05, 4.69) is 9.44 Å². The lowest BCUT2D eigenvalue weighted by Crippen LogP contribution is -2.58. The summed E-state index contributed by atoms with van der Waals surface area (Å²) in [6, 6.07) is 17.3. The molecule has 0 fully saturated rings. The van der Waals surface area contributed by atoms with Crippen LogP contribution in [0, 0.1) is 0 Å². The van der Waals surface area contributed by atoms with E-state index in [0.717, 1.165) is 0 Å². The lowest BCUT2D eigenvalue weighted by molar-refractivity contribution is -0.146. The second-order valence-corrected chi connectivity index (χ2v) is 8.35. The molecule has 2 aromatic rings. The van der Waals surface area contributed by atoms with E-state index in [0.29, 0.717) is 11.1 Å². The number of hydrogen-bond donors (Lipinski definition) is 2. The first kappa shape index (κ1) is 20.1. The average Bonchev–Trinajstić information content (AvgIpc) is 2.58. The van der Waals surface area contributed by atoms with E-state index in [4.69, 9.17) is 4.74 Å². The summed E-state index contributed by atoms with van der Waals surface area (Å²) in [4.78, 5) is 12.9. The Morgan fingerprint density at radius 3 is 1.62 bits per heavy atom. The highest BCUT2D eigenvalue weighted by Crippen LogP contribution is 2.32. The largest absolute Gasteiger partial charge is 0.467 e. The lowest BCUT2D eigenvalue weighted by atomic mass is 9.84. The summed E-state index contributed by atoms with van der Waals surface area (Å²) in [5, 5.41) is 0. The Labute approximate surface area is 154 Å². The monoisotopic (exact) mass is 376 g/mol. The molecule has 0 bridgehead atoms. The van der Waals surface area contributed by atoms with E-state index >= 15 is 0 Å². The van der Waals surface area contributed by atoms with Gasteiger partial charge in [-0.1, -0.05) is 60.7 Å². The van der Waals surface area contributed by atoms with Crippen molar-refractivity contribution >= 4 is 16.2 Å². The molecule has 0 aliphatic rings. The standard InChI is InChI=1S/C19H24N2O4S/c1-18(2,3)20-26(23,24)21-19(17(22)25-4,15-11-7-5-8-12-15)16-13-9-6-10-14-16/h5-14,20-21H,1-4H3. The molecule has 0 aliphatic carbocycles. The van der Waals surface area contributed by atoms with Gasteiger partial charge in [0.2, 0.25) is 0 Å². The van der Waals surface area contributed by atoms with Crippen LogP contribution in [0.2, 0.25) is 0 Å². The van der Waals surface area contributed by atoms with Crippen LogP contribution in [0.25, 0.3) is 0 Å². The van der Waals surface area contributed by atoms with E-state index in [1.54, 1.807) is 81.4 Å². The molecule has 0 saturated heterocycles. The number of benzene rings is 2. The predicted molar refractivity (Wildman–Crippen MR) is 101 cm³/mol. The SMILES string of the molecule is COC(=O)C(NS(=O)(=O)NC(C)(C)C)(c1ccccc1)c1ccccc1. The van der Waals surface area contributed by atoms with Gasteiger partial charge in [-0.2, -0.15) is 17.9 Å². The van der Waals surface area contributed by atoms with Gasteiger partial charge in [0.1, 0.15) is 0 Å². The molecule has 0 spiro atoms. The Bertz CT molecular complexity index is 805. The van der Waals surface area contributed by atoms with E-state index in [1.165, 1.54) is 7.11 Å². The number of carbonyl (C=O) groups excluding carboxylic acids is 1. The van der Waals surface area contributed by atoms with Crippen molar-refractivity contribution in [2.75, 3.05) is 7.11 Å². The first-order valence-corrected chi connectivity index (χ1v) is 9.61. The summed E-state index contributed by atoms with van der Waals surface area (Å²) < 4.78 is 35.7. The van der Waals surface area contributed by atoms with Gasteiger partial charge in [-0.25, -0.2) is 4.79 Å². The third kappa shape index (κ3) is 4.49. The van der Waals surface area contributed by atoms with Gasteiger partial charge in [-0.05, 0) is 31.9 Å². The molecule has 0 saturated carbocycles. The Hall–Kier alpha value is -2.22. The van der Waals surface area contributed by atoms with Crippen LogP contribution in [0.4, 0.5) is 0 Å².